The first-order chi connectivity index (χ1) is 11.8. The molecule has 2 aromatic carbocycles. The van der Waals surface area contributed by atoms with Crippen molar-refractivity contribution in [2.75, 3.05) is 20.6 Å². The topological polar surface area (TPSA) is 75.5 Å². The summed E-state index contributed by atoms with van der Waals surface area (Å²) in [6.07, 6.45) is 0. The summed E-state index contributed by atoms with van der Waals surface area (Å²) >= 11 is 12.2. The van der Waals surface area contributed by atoms with E-state index >= 15 is 0 Å². The molecule has 0 aliphatic heterocycles. The maximum Gasteiger partial charge on any atom is 0.270 e. The lowest BCUT2D eigenvalue weighted by Gasteiger charge is -2.26. The molecule has 1 N–H and O–H groups in total. The molecule has 2 rings (SSSR count). The number of carbonyl (C=O) groups excluding carboxylic acids is 1. The third kappa shape index (κ3) is 4.69. The molecule has 1 amide bonds. The molecule has 0 spiro atoms. The van der Waals surface area contributed by atoms with Crippen molar-refractivity contribution in [3.8, 4) is 0 Å². The lowest BCUT2D eigenvalue weighted by molar-refractivity contribution is -0.384. The standard InChI is InChI=1S/C17H17Cl2N3O3/c1-21(2)16(12-5-3-4-6-14(12)18)10-20-17(23)13-8-7-11(22(24)25)9-15(13)19/h3-9,16H,10H2,1-2H3,(H,20,23). The molecule has 0 fully saturated rings. The first-order valence-corrected chi connectivity index (χ1v) is 8.20. The lowest BCUT2D eigenvalue weighted by Crippen LogP contribution is -2.34. The molecule has 0 saturated heterocycles. The Morgan fingerprint density at radius 3 is 2.44 bits per heavy atom. The fourth-order valence-corrected chi connectivity index (χ4v) is 2.92. The molecule has 1 atom stereocenters. The highest BCUT2D eigenvalue weighted by Gasteiger charge is 2.20. The minimum absolute atomic E-state index is 0.0332. The van der Waals surface area contributed by atoms with Crippen LogP contribution in [0.3, 0.4) is 0 Å². The molecular formula is C17H17Cl2N3O3. The summed E-state index contributed by atoms with van der Waals surface area (Å²) in [6.45, 7) is 0.308. The molecule has 0 aromatic heterocycles. The molecule has 132 valence electrons. The second-order valence-electron chi connectivity index (χ2n) is 5.63. The van der Waals surface area contributed by atoms with Gasteiger partial charge in [-0.3, -0.25) is 14.9 Å². The van der Waals surface area contributed by atoms with E-state index in [1.54, 1.807) is 6.07 Å². The van der Waals surface area contributed by atoms with E-state index < -0.39 is 10.8 Å². The van der Waals surface area contributed by atoms with Gasteiger partial charge in [0, 0.05) is 23.7 Å². The van der Waals surface area contributed by atoms with Crippen molar-refractivity contribution in [1.29, 1.82) is 0 Å². The number of nitro benzene ring substituents is 1. The van der Waals surface area contributed by atoms with Gasteiger partial charge in [-0.1, -0.05) is 41.4 Å². The molecule has 0 aliphatic rings. The van der Waals surface area contributed by atoms with Gasteiger partial charge in [-0.25, -0.2) is 0 Å². The van der Waals surface area contributed by atoms with E-state index in [9.17, 15) is 14.9 Å². The fraction of sp³-hybridized carbons (Fsp3) is 0.235. The number of non-ortho nitro benzene ring substituents is 1. The minimum Gasteiger partial charge on any atom is -0.350 e. The number of hydrogen-bond donors (Lipinski definition) is 1. The van der Waals surface area contributed by atoms with E-state index in [4.69, 9.17) is 23.2 Å². The molecule has 0 radical (unpaired) electrons. The van der Waals surface area contributed by atoms with Gasteiger partial charge in [-0.2, -0.15) is 0 Å². The SMILES string of the molecule is CN(C)C(CNC(=O)c1ccc([N+](=O)[O-])cc1Cl)c1ccccc1Cl. The van der Waals surface area contributed by atoms with Crippen LogP contribution in [-0.2, 0) is 0 Å². The number of halogens is 2. The molecule has 2 aromatic rings. The molecule has 25 heavy (non-hydrogen) atoms. The molecule has 0 bridgehead atoms. The van der Waals surface area contributed by atoms with E-state index in [-0.39, 0.29) is 22.3 Å². The fourth-order valence-electron chi connectivity index (χ4n) is 2.40. The van der Waals surface area contributed by atoms with Crippen molar-refractivity contribution >= 4 is 34.8 Å². The zero-order valence-electron chi connectivity index (χ0n) is 13.7. The van der Waals surface area contributed by atoms with Gasteiger partial charge >= 0.3 is 0 Å². The van der Waals surface area contributed by atoms with Gasteiger partial charge in [0.25, 0.3) is 11.6 Å². The van der Waals surface area contributed by atoms with E-state index in [0.29, 0.717) is 11.6 Å². The zero-order valence-corrected chi connectivity index (χ0v) is 15.2. The number of hydrogen-bond acceptors (Lipinski definition) is 4. The van der Waals surface area contributed by atoms with Crippen LogP contribution in [0.5, 0.6) is 0 Å². The number of amides is 1. The predicted molar refractivity (Wildman–Crippen MR) is 98.3 cm³/mol. The highest BCUT2D eigenvalue weighted by molar-refractivity contribution is 6.34. The Bertz CT molecular complexity index is 796. The van der Waals surface area contributed by atoms with Crippen LogP contribution >= 0.6 is 23.2 Å². The largest absolute Gasteiger partial charge is 0.350 e. The van der Waals surface area contributed by atoms with Crippen LogP contribution in [-0.4, -0.2) is 36.4 Å². The first kappa shape index (κ1) is 19.2. The predicted octanol–water partition coefficient (Wildman–Crippen LogP) is 3.93. The lowest BCUT2D eigenvalue weighted by atomic mass is 10.1. The van der Waals surface area contributed by atoms with E-state index in [1.165, 1.54) is 12.1 Å². The average Bonchev–Trinajstić information content (AvgIpc) is 2.55. The highest BCUT2D eigenvalue weighted by atomic mass is 35.5. The van der Waals surface area contributed by atoms with Gasteiger partial charge in [0.15, 0.2) is 0 Å². The number of carbonyl (C=O) groups is 1. The van der Waals surface area contributed by atoms with Crippen LogP contribution in [0.4, 0.5) is 5.69 Å². The number of benzene rings is 2. The second kappa shape index (κ2) is 8.29. The van der Waals surface area contributed by atoms with Crippen molar-refractivity contribution < 1.29 is 9.72 Å². The smallest absolute Gasteiger partial charge is 0.270 e. The monoisotopic (exact) mass is 381 g/mol. The van der Waals surface area contributed by atoms with E-state index in [2.05, 4.69) is 5.32 Å². The molecule has 1 unspecified atom stereocenters. The van der Waals surface area contributed by atoms with Gasteiger partial charge in [0.1, 0.15) is 0 Å². The molecule has 8 heteroatoms. The first-order valence-electron chi connectivity index (χ1n) is 7.44. The Kier molecular flexibility index (Phi) is 6.36. The summed E-state index contributed by atoms with van der Waals surface area (Å²) in [5.74, 6) is -0.404. The molecule has 0 heterocycles. The second-order valence-corrected chi connectivity index (χ2v) is 6.45. The van der Waals surface area contributed by atoms with Crippen molar-refractivity contribution in [2.24, 2.45) is 0 Å². The summed E-state index contributed by atoms with van der Waals surface area (Å²) in [4.78, 5) is 24.5. The van der Waals surface area contributed by atoms with Crippen LogP contribution in [0.15, 0.2) is 42.5 Å². The molecular weight excluding hydrogens is 365 g/mol. The van der Waals surface area contributed by atoms with Crippen LogP contribution in [0.2, 0.25) is 10.0 Å². The van der Waals surface area contributed by atoms with Gasteiger partial charge in [-0.05, 0) is 31.8 Å². The zero-order chi connectivity index (χ0) is 18.6. The van der Waals surface area contributed by atoms with Crippen molar-refractivity contribution in [3.63, 3.8) is 0 Å². The van der Waals surface area contributed by atoms with Gasteiger partial charge in [0.05, 0.1) is 21.6 Å². The van der Waals surface area contributed by atoms with Crippen LogP contribution in [0.1, 0.15) is 22.0 Å². The summed E-state index contributed by atoms with van der Waals surface area (Å²) in [7, 11) is 3.78. The summed E-state index contributed by atoms with van der Waals surface area (Å²) in [5, 5.41) is 14.2. The minimum atomic E-state index is -0.562. The third-order valence-electron chi connectivity index (χ3n) is 3.75. The van der Waals surface area contributed by atoms with Gasteiger partial charge in [0.2, 0.25) is 0 Å². The Hall–Kier alpha value is -2.15. The van der Waals surface area contributed by atoms with E-state index in [0.717, 1.165) is 11.6 Å². The average molecular weight is 382 g/mol. The van der Waals surface area contributed by atoms with Gasteiger partial charge < -0.3 is 10.2 Å². The third-order valence-corrected chi connectivity index (χ3v) is 4.41. The van der Waals surface area contributed by atoms with Crippen LogP contribution in [0, 0.1) is 10.1 Å². The Labute approximate surface area is 155 Å². The number of likely N-dealkylation sites (N-methyl/N-ethyl adjacent to an activating group) is 1. The van der Waals surface area contributed by atoms with Crippen molar-refractivity contribution in [1.82, 2.24) is 10.2 Å². The maximum absolute atomic E-state index is 12.4. The molecule has 6 nitrogen and oxygen atoms in total. The summed E-state index contributed by atoms with van der Waals surface area (Å²) in [5.41, 5.74) is 0.914. The van der Waals surface area contributed by atoms with Gasteiger partial charge in [-0.15, -0.1) is 0 Å². The maximum atomic E-state index is 12.4. The quantitative estimate of drug-likeness (QED) is 0.607. The Morgan fingerprint density at radius 1 is 1.20 bits per heavy atom. The van der Waals surface area contributed by atoms with Crippen LogP contribution < -0.4 is 5.32 Å². The Balaban J connectivity index is 2.14. The summed E-state index contributed by atoms with van der Waals surface area (Å²) in [6, 6.07) is 11.0. The number of nitrogens with one attached hydrogen (secondary N) is 1. The molecule has 0 saturated carbocycles. The van der Waals surface area contributed by atoms with Crippen molar-refractivity contribution in [2.45, 2.75) is 6.04 Å². The number of nitro groups is 1. The summed E-state index contributed by atoms with van der Waals surface area (Å²) < 4.78 is 0. The number of nitrogens with zero attached hydrogens (tertiary/aromatic N) is 2. The normalized spacial score (nSPS) is 12.0. The van der Waals surface area contributed by atoms with E-state index in [1.807, 2.05) is 37.2 Å². The Morgan fingerprint density at radius 2 is 1.88 bits per heavy atom. The molecule has 0 aliphatic carbocycles. The highest BCUT2D eigenvalue weighted by Crippen LogP contribution is 2.26. The van der Waals surface area contributed by atoms with Crippen LogP contribution in [0.25, 0.3) is 0 Å². The number of rotatable bonds is 6. The van der Waals surface area contributed by atoms with Crippen molar-refractivity contribution in [3.05, 3.63) is 73.8 Å².